The normalized spacial score (nSPS) is 17.4. The number of thiophene rings is 2. The molecule has 0 bridgehead atoms. The second-order valence-electron chi connectivity index (χ2n) is 7.49. The number of hydrazone groups is 1. The van der Waals surface area contributed by atoms with E-state index in [0.717, 1.165) is 40.6 Å². The molecule has 0 saturated carbocycles. The van der Waals surface area contributed by atoms with Gasteiger partial charge in [0.2, 0.25) is 6.79 Å². The van der Waals surface area contributed by atoms with Crippen molar-refractivity contribution in [1.29, 1.82) is 0 Å². The fourth-order valence-corrected chi connectivity index (χ4v) is 5.41. The minimum atomic E-state index is -0.0335. The van der Waals surface area contributed by atoms with E-state index < -0.39 is 0 Å². The Balaban J connectivity index is 1.32. The summed E-state index contributed by atoms with van der Waals surface area (Å²) in [5.41, 5.74) is 2.08. The highest BCUT2D eigenvalue weighted by molar-refractivity contribution is 7.12. The fourth-order valence-electron chi connectivity index (χ4n) is 3.88. The Hall–Kier alpha value is -2.68. The first-order chi connectivity index (χ1) is 15.2. The highest BCUT2D eigenvalue weighted by Gasteiger charge is 2.34. The van der Waals surface area contributed by atoms with E-state index in [1.807, 2.05) is 35.7 Å². The first kappa shape index (κ1) is 20.2. The minimum absolute atomic E-state index is 0.0209. The summed E-state index contributed by atoms with van der Waals surface area (Å²) in [7, 11) is 0. The molecule has 2 aromatic heterocycles. The zero-order valence-corrected chi connectivity index (χ0v) is 18.8. The molecule has 0 spiro atoms. The van der Waals surface area contributed by atoms with Crippen LogP contribution in [0.15, 0.2) is 58.3 Å². The van der Waals surface area contributed by atoms with Crippen LogP contribution in [0.4, 0.5) is 0 Å². The van der Waals surface area contributed by atoms with Crippen molar-refractivity contribution < 1.29 is 14.3 Å². The molecule has 1 aromatic carbocycles. The van der Waals surface area contributed by atoms with E-state index in [-0.39, 0.29) is 18.7 Å². The lowest BCUT2D eigenvalue weighted by Crippen LogP contribution is -2.37. The van der Waals surface area contributed by atoms with Gasteiger partial charge >= 0.3 is 0 Å². The lowest BCUT2D eigenvalue weighted by Gasteiger charge is -2.25. The minimum Gasteiger partial charge on any atom is -0.454 e. The second kappa shape index (κ2) is 8.82. The number of amides is 1. The van der Waals surface area contributed by atoms with E-state index in [1.165, 1.54) is 4.88 Å². The Morgan fingerprint density at radius 3 is 2.77 bits per heavy atom. The molecule has 6 nitrogen and oxygen atoms in total. The van der Waals surface area contributed by atoms with Crippen LogP contribution in [0.5, 0.6) is 11.5 Å². The number of nitrogens with zero attached hydrogens (tertiary/aromatic N) is 3. The molecule has 5 rings (SSSR count). The third kappa shape index (κ3) is 4.23. The average molecular weight is 454 g/mol. The van der Waals surface area contributed by atoms with E-state index in [9.17, 15) is 4.79 Å². The van der Waals surface area contributed by atoms with Gasteiger partial charge in [-0.05, 0) is 47.1 Å². The molecule has 0 N–H and O–H groups in total. The van der Waals surface area contributed by atoms with Crippen molar-refractivity contribution >= 4 is 34.3 Å². The first-order valence-electron chi connectivity index (χ1n) is 10.3. The molecule has 0 saturated heterocycles. The van der Waals surface area contributed by atoms with Crippen molar-refractivity contribution in [3.63, 3.8) is 0 Å². The first-order valence-corrected chi connectivity index (χ1v) is 12.0. The standard InChI is InChI=1S/C23H23N3O3S2/c1-2-25(13-16-7-8-19-20(11-16)29-15-28-19)14-23(27)26-18(22-6-4-10-31-22)12-17(24-26)21-5-3-9-30-21/h3-11,18H,2,12-15H2,1H3. The van der Waals surface area contributed by atoms with Gasteiger partial charge in [0.25, 0.3) is 5.91 Å². The summed E-state index contributed by atoms with van der Waals surface area (Å²) in [5.74, 6) is 1.56. The molecule has 1 unspecified atom stereocenters. The van der Waals surface area contributed by atoms with Crippen molar-refractivity contribution in [3.05, 3.63) is 68.5 Å². The summed E-state index contributed by atoms with van der Waals surface area (Å²) in [6.45, 7) is 4.07. The Morgan fingerprint density at radius 1 is 1.16 bits per heavy atom. The summed E-state index contributed by atoms with van der Waals surface area (Å²) in [5, 5.41) is 10.6. The van der Waals surface area contributed by atoms with Crippen molar-refractivity contribution in [2.45, 2.75) is 25.9 Å². The summed E-state index contributed by atoms with van der Waals surface area (Å²) in [4.78, 5) is 17.8. The number of rotatable bonds is 7. The fraction of sp³-hybridized carbons (Fsp3) is 0.304. The molecular weight excluding hydrogens is 430 g/mol. The van der Waals surface area contributed by atoms with Gasteiger partial charge < -0.3 is 9.47 Å². The Labute approximate surface area is 189 Å². The maximum absolute atomic E-state index is 13.4. The van der Waals surface area contributed by atoms with E-state index >= 15 is 0 Å². The number of fused-ring (bicyclic) bond motifs is 1. The van der Waals surface area contributed by atoms with Crippen molar-refractivity contribution in [1.82, 2.24) is 9.91 Å². The Kier molecular flexibility index (Phi) is 5.76. The number of carbonyl (C=O) groups excluding carboxylic acids is 1. The van der Waals surface area contributed by atoms with Gasteiger partial charge in [-0.1, -0.05) is 25.1 Å². The van der Waals surface area contributed by atoms with Crippen molar-refractivity contribution in [3.8, 4) is 11.5 Å². The molecule has 31 heavy (non-hydrogen) atoms. The van der Waals surface area contributed by atoms with Crippen LogP contribution in [0.3, 0.4) is 0 Å². The second-order valence-corrected chi connectivity index (χ2v) is 9.42. The molecule has 0 aliphatic carbocycles. The maximum Gasteiger partial charge on any atom is 0.257 e. The van der Waals surface area contributed by atoms with Gasteiger partial charge in [-0.3, -0.25) is 9.69 Å². The largest absolute Gasteiger partial charge is 0.454 e. The van der Waals surface area contributed by atoms with Crippen LogP contribution in [0.1, 0.15) is 34.7 Å². The van der Waals surface area contributed by atoms with E-state index in [2.05, 4.69) is 29.3 Å². The third-order valence-electron chi connectivity index (χ3n) is 5.49. The number of likely N-dealkylation sites (N-methyl/N-ethyl adjacent to an activating group) is 1. The van der Waals surface area contributed by atoms with Gasteiger partial charge in [-0.25, -0.2) is 5.01 Å². The van der Waals surface area contributed by atoms with Crippen LogP contribution in [-0.2, 0) is 11.3 Å². The lowest BCUT2D eigenvalue weighted by atomic mass is 10.1. The number of hydrogen-bond acceptors (Lipinski definition) is 7. The summed E-state index contributed by atoms with van der Waals surface area (Å²) in [6, 6.07) is 14.1. The average Bonchev–Trinajstić information content (AvgIpc) is 3.57. The van der Waals surface area contributed by atoms with Crippen LogP contribution in [0, 0.1) is 0 Å². The zero-order valence-electron chi connectivity index (χ0n) is 17.2. The molecule has 0 fully saturated rings. The topological polar surface area (TPSA) is 54.4 Å². The highest BCUT2D eigenvalue weighted by Crippen LogP contribution is 2.36. The highest BCUT2D eigenvalue weighted by atomic mass is 32.1. The number of carbonyl (C=O) groups is 1. The monoisotopic (exact) mass is 453 g/mol. The molecule has 4 heterocycles. The van der Waals surface area contributed by atoms with Crippen LogP contribution >= 0.6 is 22.7 Å². The van der Waals surface area contributed by atoms with E-state index in [4.69, 9.17) is 14.6 Å². The number of ether oxygens (including phenoxy) is 2. The van der Waals surface area contributed by atoms with Crippen LogP contribution < -0.4 is 9.47 Å². The maximum atomic E-state index is 13.4. The molecule has 3 aromatic rings. The molecule has 1 atom stereocenters. The molecule has 0 radical (unpaired) electrons. The van der Waals surface area contributed by atoms with Gasteiger partial charge in [-0.15, -0.1) is 22.7 Å². The van der Waals surface area contributed by atoms with Crippen LogP contribution in [-0.4, -0.2) is 41.4 Å². The Morgan fingerprint density at radius 2 is 2.00 bits per heavy atom. The number of hydrogen-bond donors (Lipinski definition) is 0. The predicted octanol–water partition coefficient (Wildman–Crippen LogP) is 4.74. The van der Waals surface area contributed by atoms with Crippen LogP contribution in [0.25, 0.3) is 0 Å². The molecule has 8 heteroatoms. The zero-order chi connectivity index (χ0) is 21.2. The third-order valence-corrected chi connectivity index (χ3v) is 7.38. The van der Waals surface area contributed by atoms with Gasteiger partial charge in [0.15, 0.2) is 11.5 Å². The SMILES string of the molecule is CCN(CC(=O)N1N=C(c2cccs2)CC1c1cccs1)Cc1ccc2c(c1)OCO2. The van der Waals surface area contributed by atoms with Crippen LogP contribution in [0.2, 0.25) is 0 Å². The smallest absolute Gasteiger partial charge is 0.257 e. The van der Waals surface area contributed by atoms with Crippen molar-refractivity contribution in [2.24, 2.45) is 5.10 Å². The number of benzene rings is 1. The van der Waals surface area contributed by atoms with E-state index in [0.29, 0.717) is 13.1 Å². The quantitative estimate of drug-likeness (QED) is 0.519. The Bertz CT molecular complexity index is 1080. The summed E-state index contributed by atoms with van der Waals surface area (Å²) >= 11 is 3.34. The van der Waals surface area contributed by atoms with Gasteiger partial charge in [0.1, 0.15) is 0 Å². The lowest BCUT2D eigenvalue weighted by molar-refractivity contribution is -0.134. The van der Waals surface area contributed by atoms with E-state index in [1.54, 1.807) is 27.7 Å². The summed E-state index contributed by atoms with van der Waals surface area (Å²) < 4.78 is 10.9. The predicted molar refractivity (Wildman–Crippen MR) is 123 cm³/mol. The van der Waals surface area contributed by atoms with Gasteiger partial charge in [-0.2, -0.15) is 5.10 Å². The molecular formula is C23H23N3O3S2. The summed E-state index contributed by atoms with van der Waals surface area (Å²) in [6.07, 6.45) is 0.751. The van der Waals surface area contributed by atoms with Gasteiger partial charge in [0.05, 0.1) is 23.2 Å². The molecule has 2 aliphatic rings. The van der Waals surface area contributed by atoms with Crippen molar-refractivity contribution in [2.75, 3.05) is 19.9 Å². The molecule has 2 aliphatic heterocycles. The molecule has 1 amide bonds. The van der Waals surface area contributed by atoms with Gasteiger partial charge in [0, 0.05) is 17.8 Å². The molecule has 160 valence electrons.